The van der Waals surface area contributed by atoms with E-state index in [2.05, 4.69) is 6.92 Å². The molecule has 2 aromatic carbocycles. The van der Waals surface area contributed by atoms with E-state index in [1.165, 1.54) is 22.4 Å². The Balaban J connectivity index is 1.47. The van der Waals surface area contributed by atoms with Crippen LogP contribution in [0.5, 0.6) is 5.75 Å². The van der Waals surface area contributed by atoms with Crippen LogP contribution in [0, 0.1) is 6.92 Å². The predicted octanol–water partition coefficient (Wildman–Crippen LogP) is 5.81. The average molecular weight is 449 g/mol. The molecule has 0 bridgehead atoms. The highest BCUT2D eigenvalue weighted by Crippen LogP contribution is 2.35. The standard InChI is InChI=1S/C25H24N2O2S2/c1-17-11-13-19(14-12-17)29-15-16-30-25-26-23-22(20-9-5-6-10-21(20)31-23)24(28)27(25)18-7-3-2-4-8-18/h2-4,7-8,11-14H,5-6,9-10,15-16H2,1H3. The normalized spacial score (nSPS) is 13.3. The maximum atomic E-state index is 13.7. The van der Waals surface area contributed by atoms with E-state index >= 15 is 0 Å². The number of nitrogens with zero attached hydrogens (tertiary/aromatic N) is 2. The highest BCUT2D eigenvalue weighted by atomic mass is 32.2. The molecule has 0 spiro atoms. The summed E-state index contributed by atoms with van der Waals surface area (Å²) in [5.74, 6) is 1.57. The summed E-state index contributed by atoms with van der Waals surface area (Å²) >= 11 is 3.27. The highest BCUT2D eigenvalue weighted by molar-refractivity contribution is 7.99. The maximum absolute atomic E-state index is 13.7. The molecule has 6 heteroatoms. The van der Waals surface area contributed by atoms with Crippen LogP contribution in [0.3, 0.4) is 0 Å². The van der Waals surface area contributed by atoms with Gasteiger partial charge in [-0.1, -0.05) is 47.7 Å². The van der Waals surface area contributed by atoms with E-state index in [0.717, 1.165) is 46.1 Å². The SMILES string of the molecule is Cc1ccc(OCCSc2nc3sc4c(c3c(=O)n2-c2ccccc2)CCCC4)cc1. The van der Waals surface area contributed by atoms with Gasteiger partial charge in [0, 0.05) is 10.6 Å². The number of hydrogen-bond donors (Lipinski definition) is 0. The van der Waals surface area contributed by atoms with Crippen molar-refractivity contribution in [1.29, 1.82) is 0 Å². The topological polar surface area (TPSA) is 44.1 Å². The molecule has 0 aliphatic heterocycles. The largest absolute Gasteiger partial charge is 0.493 e. The molecule has 0 atom stereocenters. The molecule has 0 unspecified atom stereocenters. The number of ether oxygens (including phenoxy) is 1. The Labute approximate surface area is 189 Å². The molecule has 2 aromatic heterocycles. The van der Waals surface area contributed by atoms with Crippen LogP contribution in [-0.2, 0) is 12.8 Å². The van der Waals surface area contributed by atoms with Gasteiger partial charge in [-0.3, -0.25) is 9.36 Å². The summed E-state index contributed by atoms with van der Waals surface area (Å²) in [6.45, 7) is 2.62. The van der Waals surface area contributed by atoms with Crippen LogP contribution in [0.1, 0.15) is 28.8 Å². The van der Waals surface area contributed by atoms with Crippen LogP contribution in [-0.4, -0.2) is 21.9 Å². The molecule has 0 N–H and O–H groups in total. The van der Waals surface area contributed by atoms with E-state index in [-0.39, 0.29) is 5.56 Å². The molecule has 0 saturated carbocycles. The van der Waals surface area contributed by atoms with Crippen LogP contribution in [0.25, 0.3) is 15.9 Å². The molecule has 0 saturated heterocycles. The number of hydrogen-bond acceptors (Lipinski definition) is 5. The number of aromatic nitrogens is 2. The first-order valence-electron chi connectivity index (χ1n) is 10.7. The lowest BCUT2D eigenvalue weighted by atomic mass is 9.97. The van der Waals surface area contributed by atoms with Gasteiger partial charge in [0.05, 0.1) is 17.7 Å². The van der Waals surface area contributed by atoms with E-state index < -0.39 is 0 Å². The average Bonchev–Trinajstić information content (AvgIpc) is 3.17. The molecule has 4 nitrogen and oxygen atoms in total. The first kappa shape index (κ1) is 20.3. The van der Waals surface area contributed by atoms with Crippen LogP contribution in [0.4, 0.5) is 0 Å². The van der Waals surface area contributed by atoms with Crippen molar-refractivity contribution in [3.63, 3.8) is 0 Å². The van der Waals surface area contributed by atoms with E-state index in [1.54, 1.807) is 27.7 Å². The van der Waals surface area contributed by atoms with Crippen molar-refractivity contribution in [3.8, 4) is 11.4 Å². The Kier molecular flexibility index (Phi) is 5.83. The summed E-state index contributed by atoms with van der Waals surface area (Å²) in [7, 11) is 0. The third-order valence-electron chi connectivity index (χ3n) is 5.58. The van der Waals surface area contributed by atoms with Gasteiger partial charge in [-0.15, -0.1) is 11.3 Å². The lowest BCUT2D eigenvalue weighted by molar-refractivity contribution is 0.344. The number of rotatable bonds is 6. The summed E-state index contributed by atoms with van der Waals surface area (Å²) in [6, 6.07) is 17.9. The molecule has 0 amide bonds. The Morgan fingerprint density at radius 3 is 2.65 bits per heavy atom. The predicted molar refractivity (Wildman–Crippen MR) is 129 cm³/mol. The number of thioether (sulfide) groups is 1. The zero-order chi connectivity index (χ0) is 21.2. The minimum absolute atomic E-state index is 0.0533. The van der Waals surface area contributed by atoms with Crippen molar-refractivity contribution in [2.24, 2.45) is 0 Å². The first-order chi connectivity index (χ1) is 15.2. The fraction of sp³-hybridized carbons (Fsp3) is 0.280. The molecule has 31 heavy (non-hydrogen) atoms. The van der Waals surface area contributed by atoms with Gasteiger partial charge in [0.15, 0.2) is 5.16 Å². The minimum Gasteiger partial charge on any atom is -0.493 e. The lowest BCUT2D eigenvalue weighted by Crippen LogP contribution is -2.22. The van der Waals surface area contributed by atoms with Gasteiger partial charge in [-0.2, -0.15) is 0 Å². The van der Waals surface area contributed by atoms with Crippen molar-refractivity contribution in [2.45, 2.75) is 37.8 Å². The van der Waals surface area contributed by atoms with Gasteiger partial charge < -0.3 is 4.74 Å². The zero-order valence-corrected chi connectivity index (χ0v) is 19.1. The molecule has 4 aromatic rings. The number of benzene rings is 2. The summed E-state index contributed by atoms with van der Waals surface area (Å²) < 4.78 is 7.66. The molecule has 5 rings (SSSR count). The number of para-hydroxylation sites is 1. The van der Waals surface area contributed by atoms with Gasteiger partial charge in [0.1, 0.15) is 10.6 Å². The maximum Gasteiger partial charge on any atom is 0.267 e. The Morgan fingerprint density at radius 2 is 1.84 bits per heavy atom. The van der Waals surface area contributed by atoms with E-state index in [1.807, 2.05) is 54.6 Å². The highest BCUT2D eigenvalue weighted by Gasteiger charge is 2.22. The van der Waals surface area contributed by atoms with Crippen molar-refractivity contribution in [1.82, 2.24) is 9.55 Å². The van der Waals surface area contributed by atoms with E-state index in [0.29, 0.717) is 12.4 Å². The Hall–Kier alpha value is -2.57. The van der Waals surface area contributed by atoms with Crippen LogP contribution in [0.2, 0.25) is 0 Å². The van der Waals surface area contributed by atoms with Crippen molar-refractivity contribution >= 4 is 33.3 Å². The monoisotopic (exact) mass is 448 g/mol. The van der Waals surface area contributed by atoms with Gasteiger partial charge in [0.25, 0.3) is 5.56 Å². The van der Waals surface area contributed by atoms with Gasteiger partial charge in [0.2, 0.25) is 0 Å². The summed E-state index contributed by atoms with van der Waals surface area (Å²) in [5, 5.41) is 1.55. The molecule has 0 fully saturated rings. The fourth-order valence-corrected chi connectivity index (χ4v) is 6.15. The minimum atomic E-state index is 0.0533. The van der Waals surface area contributed by atoms with Gasteiger partial charge in [-0.25, -0.2) is 4.98 Å². The molecular weight excluding hydrogens is 424 g/mol. The summed E-state index contributed by atoms with van der Waals surface area (Å²) in [5.41, 5.74) is 3.36. The van der Waals surface area contributed by atoms with Gasteiger partial charge >= 0.3 is 0 Å². The summed E-state index contributed by atoms with van der Waals surface area (Å²) in [6.07, 6.45) is 4.40. The molecule has 0 radical (unpaired) electrons. The number of fused-ring (bicyclic) bond motifs is 3. The second-order valence-corrected chi connectivity index (χ2v) is 9.92. The third-order valence-corrected chi connectivity index (χ3v) is 7.67. The van der Waals surface area contributed by atoms with Crippen LogP contribution >= 0.6 is 23.1 Å². The smallest absolute Gasteiger partial charge is 0.267 e. The lowest BCUT2D eigenvalue weighted by Gasteiger charge is -2.14. The molecule has 1 aliphatic rings. The van der Waals surface area contributed by atoms with Crippen molar-refractivity contribution in [3.05, 3.63) is 81.0 Å². The van der Waals surface area contributed by atoms with E-state index in [4.69, 9.17) is 9.72 Å². The number of thiophene rings is 1. The second-order valence-electron chi connectivity index (χ2n) is 7.77. The number of aryl methyl sites for hydroxylation is 3. The first-order valence-corrected chi connectivity index (χ1v) is 12.5. The third kappa shape index (κ3) is 4.14. The Morgan fingerprint density at radius 1 is 1.06 bits per heavy atom. The molecule has 2 heterocycles. The van der Waals surface area contributed by atoms with Crippen molar-refractivity contribution < 1.29 is 4.74 Å². The van der Waals surface area contributed by atoms with Crippen LogP contribution in [0.15, 0.2) is 64.5 Å². The quantitative estimate of drug-likeness (QED) is 0.212. The molecule has 1 aliphatic carbocycles. The molecular formula is C25H24N2O2S2. The summed E-state index contributed by atoms with van der Waals surface area (Å²) in [4.78, 5) is 20.8. The Bertz CT molecular complexity index is 1260. The second kappa shape index (κ2) is 8.89. The van der Waals surface area contributed by atoms with E-state index in [9.17, 15) is 4.79 Å². The molecule has 158 valence electrons. The zero-order valence-electron chi connectivity index (χ0n) is 17.5. The fourth-order valence-electron chi connectivity index (χ4n) is 4.01. The van der Waals surface area contributed by atoms with Crippen molar-refractivity contribution in [2.75, 3.05) is 12.4 Å². The van der Waals surface area contributed by atoms with Gasteiger partial charge in [-0.05, 0) is 62.4 Å². The van der Waals surface area contributed by atoms with Crippen LogP contribution < -0.4 is 10.3 Å².